The number of hydrogen-bond donors (Lipinski definition) is 2. The number of benzene rings is 1. The van der Waals surface area contributed by atoms with Crippen LogP contribution in [0, 0.1) is 0 Å². The molecule has 1 aliphatic heterocycles. The molecule has 1 aliphatic rings. The topological polar surface area (TPSA) is 85.9 Å². The molecule has 2 N–H and O–H groups in total. The van der Waals surface area contributed by atoms with E-state index < -0.39 is 28.4 Å². The molecule has 0 saturated heterocycles. The Hall–Kier alpha value is -1.83. The van der Waals surface area contributed by atoms with Crippen LogP contribution in [-0.4, -0.2) is 36.6 Å². The van der Waals surface area contributed by atoms with Gasteiger partial charge < -0.3 is 24.8 Å². The fourth-order valence-corrected chi connectivity index (χ4v) is 2.64. The maximum atomic E-state index is 12.5. The van der Waals surface area contributed by atoms with Gasteiger partial charge in [0.1, 0.15) is 6.61 Å². The number of hydrogen-bond acceptors (Lipinski definition) is 5. The lowest BCUT2D eigenvalue weighted by Gasteiger charge is -2.28. The van der Waals surface area contributed by atoms with Crippen molar-refractivity contribution < 1.29 is 23.8 Å². The third kappa shape index (κ3) is 4.87. The highest BCUT2D eigenvalue weighted by atomic mass is 35.6. The van der Waals surface area contributed by atoms with Crippen LogP contribution in [0.1, 0.15) is 18.5 Å². The number of carbonyl (C=O) groups is 2. The van der Waals surface area contributed by atoms with Gasteiger partial charge in [-0.15, -0.1) is 0 Å². The Balaban J connectivity index is 2.39. The molecule has 1 aromatic carbocycles. The second-order valence-electron chi connectivity index (χ2n) is 5.38. The van der Waals surface area contributed by atoms with Crippen LogP contribution in [0.25, 0.3) is 0 Å². The third-order valence-corrected chi connectivity index (χ3v) is 3.92. The van der Waals surface area contributed by atoms with Crippen molar-refractivity contribution in [1.82, 2.24) is 10.6 Å². The van der Waals surface area contributed by atoms with Gasteiger partial charge in [-0.25, -0.2) is 9.59 Å². The highest BCUT2D eigenvalue weighted by Gasteiger charge is 2.34. The first-order valence-corrected chi connectivity index (χ1v) is 8.53. The van der Waals surface area contributed by atoms with E-state index in [1.165, 1.54) is 14.2 Å². The van der Waals surface area contributed by atoms with Gasteiger partial charge in [-0.2, -0.15) is 0 Å². The van der Waals surface area contributed by atoms with E-state index in [4.69, 9.17) is 49.0 Å². The Morgan fingerprint density at radius 3 is 2.42 bits per heavy atom. The first-order valence-electron chi connectivity index (χ1n) is 7.40. The van der Waals surface area contributed by atoms with Gasteiger partial charge >= 0.3 is 12.0 Å². The van der Waals surface area contributed by atoms with Crippen LogP contribution in [0.5, 0.6) is 11.5 Å². The van der Waals surface area contributed by atoms with E-state index in [1.807, 2.05) is 0 Å². The van der Waals surface area contributed by atoms with E-state index in [0.29, 0.717) is 22.8 Å². The molecule has 1 aromatic rings. The van der Waals surface area contributed by atoms with Gasteiger partial charge in [0.2, 0.25) is 3.79 Å². The molecule has 0 fully saturated rings. The Kier molecular flexibility index (Phi) is 6.49. The van der Waals surface area contributed by atoms with Crippen molar-refractivity contribution in [2.75, 3.05) is 20.8 Å². The SMILES string of the molecule is COc1ccc([C@H]2NC(=O)NC(C)=C2C(=O)OCC(Cl)(Cl)Cl)cc1OC. The van der Waals surface area contributed by atoms with E-state index in [0.717, 1.165) is 0 Å². The summed E-state index contributed by atoms with van der Waals surface area (Å²) in [6.45, 7) is 1.15. The minimum atomic E-state index is -1.74. The van der Waals surface area contributed by atoms with Crippen molar-refractivity contribution in [1.29, 1.82) is 0 Å². The maximum Gasteiger partial charge on any atom is 0.338 e. The standard InChI is InChI=1S/C16H17Cl3N2O5/c1-8-12(14(22)26-7-16(17,18)19)13(21-15(23)20-8)9-4-5-10(24-2)11(6-9)25-3/h4-6,13H,7H2,1-3H3,(H2,20,21,23)/t13-/m1/s1. The van der Waals surface area contributed by atoms with Crippen molar-refractivity contribution in [2.24, 2.45) is 0 Å². The average Bonchev–Trinajstić information content (AvgIpc) is 2.57. The second kappa shape index (κ2) is 8.24. The highest BCUT2D eigenvalue weighted by molar-refractivity contribution is 6.67. The molecule has 2 rings (SSSR count). The Morgan fingerprint density at radius 2 is 1.85 bits per heavy atom. The van der Waals surface area contributed by atoms with Crippen molar-refractivity contribution >= 4 is 46.8 Å². The van der Waals surface area contributed by atoms with Crippen LogP contribution in [0.3, 0.4) is 0 Å². The average molecular weight is 424 g/mol. The normalized spacial score (nSPS) is 17.3. The lowest BCUT2D eigenvalue weighted by Crippen LogP contribution is -2.45. The number of urea groups is 1. The summed E-state index contributed by atoms with van der Waals surface area (Å²) in [5, 5.41) is 5.21. The van der Waals surface area contributed by atoms with Crippen molar-refractivity contribution in [2.45, 2.75) is 16.8 Å². The van der Waals surface area contributed by atoms with Gasteiger partial charge in [0.25, 0.3) is 0 Å². The van der Waals surface area contributed by atoms with Gasteiger partial charge in [0.15, 0.2) is 11.5 Å². The van der Waals surface area contributed by atoms with E-state index >= 15 is 0 Å². The van der Waals surface area contributed by atoms with Gasteiger partial charge in [-0.1, -0.05) is 40.9 Å². The van der Waals surface area contributed by atoms with Crippen LogP contribution in [0.4, 0.5) is 4.79 Å². The predicted molar refractivity (Wildman–Crippen MR) is 97.9 cm³/mol. The quantitative estimate of drug-likeness (QED) is 0.561. The summed E-state index contributed by atoms with van der Waals surface area (Å²) in [6, 6.07) is 3.80. The van der Waals surface area contributed by atoms with Gasteiger partial charge in [-0.05, 0) is 24.6 Å². The molecule has 0 spiro atoms. The van der Waals surface area contributed by atoms with Gasteiger partial charge in [0.05, 0.1) is 25.8 Å². The fourth-order valence-electron chi connectivity index (χ4n) is 2.47. The molecule has 1 heterocycles. The van der Waals surface area contributed by atoms with Crippen LogP contribution >= 0.6 is 34.8 Å². The number of nitrogens with one attached hydrogen (secondary N) is 2. The maximum absolute atomic E-state index is 12.5. The number of alkyl halides is 3. The number of carbonyl (C=O) groups excluding carboxylic acids is 2. The van der Waals surface area contributed by atoms with E-state index in [2.05, 4.69) is 10.6 Å². The lowest BCUT2D eigenvalue weighted by atomic mass is 9.95. The van der Waals surface area contributed by atoms with E-state index in [9.17, 15) is 9.59 Å². The zero-order chi connectivity index (χ0) is 19.5. The molecule has 142 valence electrons. The van der Waals surface area contributed by atoms with E-state index in [1.54, 1.807) is 25.1 Å². The third-order valence-electron chi connectivity index (χ3n) is 3.60. The van der Waals surface area contributed by atoms with Crippen LogP contribution in [0.2, 0.25) is 0 Å². The lowest BCUT2D eigenvalue weighted by molar-refractivity contribution is -0.139. The van der Waals surface area contributed by atoms with Crippen LogP contribution in [-0.2, 0) is 9.53 Å². The smallest absolute Gasteiger partial charge is 0.338 e. The number of ether oxygens (including phenoxy) is 3. The number of methoxy groups -OCH3 is 2. The summed E-state index contributed by atoms with van der Waals surface area (Å²) in [6.07, 6.45) is 0. The second-order valence-corrected chi connectivity index (χ2v) is 7.89. The van der Waals surface area contributed by atoms with Gasteiger partial charge in [0, 0.05) is 5.70 Å². The van der Waals surface area contributed by atoms with Crippen LogP contribution < -0.4 is 20.1 Å². The number of amides is 2. The molecular weight excluding hydrogens is 407 g/mol. The molecule has 0 aromatic heterocycles. The molecule has 26 heavy (non-hydrogen) atoms. The minimum absolute atomic E-state index is 0.186. The largest absolute Gasteiger partial charge is 0.493 e. The van der Waals surface area contributed by atoms with Crippen molar-refractivity contribution in [3.8, 4) is 11.5 Å². The predicted octanol–water partition coefficient (Wildman–Crippen LogP) is 3.25. The van der Waals surface area contributed by atoms with E-state index in [-0.39, 0.29) is 5.57 Å². The minimum Gasteiger partial charge on any atom is -0.493 e. The Labute approximate surface area is 165 Å². The summed E-state index contributed by atoms with van der Waals surface area (Å²) < 4.78 is 13.8. The molecule has 0 saturated carbocycles. The summed E-state index contributed by atoms with van der Waals surface area (Å²) >= 11 is 16.9. The number of allylic oxidation sites excluding steroid dienone is 1. The molecule has 1 atom stereocenters. The van der Waals surface area contributed by atoms with Crippen LogP contribution in [0.15, 0.2) is 29.5 Å². The molecule has 10 heteroatoms. The summed E-state index contributed by atoms with van der Waals surface area (Å²) in [5.41, 5.74) is 1.12. The Morgan fingerprint density at radius 1 is 1.19 bits per heavy atom. The monoisotopic (exact) mass is 422 g/mol. The first kappa shape index (κ1) is 20.5. The summed E-state index contributed by atoms with van der Waals surface area (Å²) in [4.78, 5) is 24.4. The number of rotatable bonds is 5. The van der Waals surface area contributed by atoms with Crippen molar-refractivity contribution in [3.63, 3.8) is 0 Å². The summed E-state index contributed by atoms with van der Waals surface area (Å²) in [7, 11) is 2.99. The molecule has 2 amide bonds. The number of esters is 1. The van der Waals surface area contributed by atoms with Gasteiger partial charge in [-0.3, -0.25) is 0 Å². The first-order chi connectivity index (χ1) is 12.2. The molecule has 0 aliphatic carbocycles. The van der Waals surface area contributed by atoms with Crippen molar-refractivity contribution in [3.05, 3.63) is 35.0 Å². The Bertz CT molecular complexity index is 746. The highest BCUT2D eigenvalue weighted by Crippen LogP contribution is 2.35. The molecule has 0 radical (unpaired) electrons. The molecule has 0 unspecified atom stereocenters. The molecular formula is C16H17Cl3N2O5. The zero-order valence-electron chi connectivity index (χ0n) is 14.2. The fraction of sp³-hybridized carbons (Fsp3) is 0.375. The number of halogens is 3. The molecule has 7 nitrogen and oxygen atoms in total. The zero-order valence-corrected chi connectivity index (χ0v) is 16.5. The molecule has 0 bridgehead atoms. The summed E-state index contributed by atoms with van der Waals surface area (Å²) in [5.74, 6) is 0.239.